The van der Waals surface area contributed by atoms with Crippen LogP contribution in [0.15, 0.2) is 84.9 Å². The standard InChI is InChI=1S/C14H15N.C7H9N/c1-3-7-13(8-4-1)11-15-12-14-9-5-2-6-10-14;1-6-2-4-7(8)5-3-6/h1-10,15H,11-12H2;2-5H,8H2,1H3. The van der Waals surface area contributed by atoms with Crippen LogP contribution >= 0.6 is 0 Å². The van der Waals surface area contributed by atoms with Crippen LogP contribution in [0, 0.1) is 6.92 Å². The van der Waals surface area contributed by atoms with Gasteiger partial charge in [0.15, 0.2) is 0 Å². The molecule has 0 atom stereocenters. The molecule has 3 rings (SSSR count). The van der Waals surface area contributed by atoms with E-state index in [0.717, 1.165) is 18.8 Å². The zero-order chi connectivity index (χ0) is 16.3. The van der Waals surface area contributed by atoms with Gasteiger partial charge in [0.05, 0.1) is 0 Å². The molecule has 0 aliphatic rings. The molecule has 23 heavy (non-hydrogen) atoms. The van der Waals surface area contributed by atoms with Gasteiger partial charge >= 0.3 is 0 Å². The van der Waals surface area contributed by atoms with E-state index in [0.29, 0.717) is 0 Å². The lowest BCUT2D eigenvalue weighted by Crippen LogP contribution is -2.12. The van der Waals surface area contributed by atoms with Crippen molar-refractivity contribution in [2.75, 3.05) is 5.73 Å². The fourth-order valence-electron chi connectivity index (χ4n) is 2.11. The lowest BCUT2D eigenvalue weighted by Gasteiger charge is -2.04. The van der Waals surface area contributed by atoms with Crippen LogP contribution in [0.4, 0.5) is 5.69 Å². The Morgan fingerprint density at radius 2 is 1.09 bits per heavy atom. The van der Waals surface area contributed by atoms with Gasteiger partial charge in [0.1, 0.15) is 0 Å². The second-order valence-corrected chi connectivity index (χ2v) is 5.49. The summed E-state index contributed by atoms with van der Waals surface area (Å²) in [5.74, 6) is 0. The van der Waals surface area contributed by atoms with Crippen LogP contribution in [0.5, 0.6) is 0 Å². The number of nitrogens with one attached hydrogen (secondary N) is 1. The summed E-state index contributed by atoms with van der Waals surface area (Å²) in [6.45, 7) is 3.89. The number of nitrogen functional groups attached to an aromatic ring is 1. The quantitative estimate of drug-likeness (QED) is 0.694. The maximum Gasteiger partial charge on any atom is 0.0314 e. The molecular formula is C21H24N2. The Balaban J connectivity index is 0.000000203. The second kappa shape index (κ2) is 9.44. The average Bonchev–Trinajstić information content (AvgIpc) is 2.60. The Morgan fingerprint density at radius 1 is 0.652 bits per heavy atom. The summed E-state index contributed by atoms with van der Waals surface area (Å²) in [5.41, 5.74) is 10.2. The minimum atomic E-state index is 0.829. The van der Waals surface area contributed by atoms with Crippen molar-refractivity contribution in [1.29, 1.82) is 0 Å². The monoisotopic (exact) mass is 304 g/mol. The maximum atomic E-state index is 5.43. The molecule has 0 spiro atoms. The van der Waals surface area contributed by atoms with Crippen molar-refractivity contribution >= 4 is 5.69 Å². The zero-order valence-corrected chi connectivity index (χ0v) is 13.6. The third-order valence-electron chi connectivity index (χ3n) is 3.42. The Kier molecular flexibility index (Phi) is 6.89. The summed E-state index contributed by atoms with van der Waals surface area (Å²) >= 11 is 0. The van der Waals surface area contributed by atoms with E-state index in [4.69, 9.17) is 5.73 Å². The molecule has 0 saturated heterocycles. The number of hydrogen-bond donors (Lipinski definition) is 2. The van der Waals surface area contributed by atoms with Crippen molar-refractivity contribution in [3.8, 4) is 0 Å². The second-order valence-electron chi connectivity index (χ2n) is 5.49. The van der Waals surface area contributed by atoms with Gasteiger partial charge in [0.2, 0.25) is 0 Å². The van der Waals surface area contributed by atoms with E-state index >= 15 is 0 Å². The van der Waals surface area contributed by atoms with Crippen molar-refractivity contribution in [3.63, 3.8) is 0 Å². The minimum Gasteiger partial charge on any atom is -0.399 e. The van der Waals surface area contributed by atoms with Crippen LogP contribution in [0.1, 0.15) is 16.7 Å². The summed E-state index contributed by atoms with van der Waals surface area (Å²) in [4.78, 5) is 0. The number of hydrogen-bond acceptors (Lipinski definition) is 2. The van der Waals surface area contributed by atoms with E-state index in [1.54, 1.807) is 0 Å². The highest BCUT2D eigenvalue weighted by Gasteiger charge is 1.92. The summed E-state index contributed by atoms with van der Waals surface area (Å²) < 4.78 is 0. The van der Waals surface area contributed by atoms with Gasteiger partial charge in [0, 0.05) is 18.8 Å². The van der Waals surface area contributed by atoms with E-state index in [2.05, 4.69) is 53.8 Å². The van der Waals surface area contributed by atoms with Crippen LogP contribution in [0.3, 0.4) is 0 Å². The number of aryl methyl sites for hydroxylation is 1. The molecule has 118 valence electrons. The highest BCUT2D eigenvalue weighted by Crippen LogP contribution is 2.02. The largest absolute Gasteiger partial charge is 0.399 e. The normalized spacial score (nSPS) is 9.78. The number of rotatable bonds is 4. The first-order valence-corrected chi connectivity index (χ1v) is 7.85. The molecule has 0 aliphatic carbocycles. The predicted octanol–water partition coefficient (Wildman–Crippen LogP) is 4.55. The van der Waals surface area contributed by atoms with Gasteiger partial charge in [-0.05, 0) is 30.2 Å². The van der Waals surface area contributed by atoms with Crippen LogP contribution in [0.25, 0.3) is 0 Å². The molecule has 0 saturated carbocycles. The first kappa shape index (κ1) is 16.8. The highest BCUT2D eigenvalue weighted by atomic mass is 14.8. The van der Waals surface area contributed by atoms with E-state index in [1.165, 1.54) is 16.7 Å². The van der Waals surface area contributed by atoms with E-state index in [-0.39, 0.29) is 0 Å². The smallest absolute Gasteiger partial charge is 0.0314 e. The molecule has 0 aliphatic heterocycles. The van der Waals surface area contributed by atoms with Gasteiger partial charge in [-0.25, -0.2) is 0 Å². The molecule has 0 radical (unpaired) electrons. The first-order valence-electron chi connectivity index (χ1n) is 7.85. The van der Waals surface area contributed by atoms with E-state index < -0.39 is 0 Å². The maximum absolute atomic E-state index is 5.43. The highest BCUT2D eigenvalue weighted by molar-refractivity contribution is 5.38. The topological polar surface area (TPSA) is 38.0 Å². The third-order valence-corrected chi connectivity index (χ3v) is 3.42. The average molecular weight is 304 g/mol. The summed E-state index contributed by atoms with van der Waals surface area (Å²) in [7, 11) is 0. The molecule has 2 heteroatoms. The van der Waals surface area contributed by atoms with Crippen LogP contribution in [-0.4, -0.2) is 0 Å². The molecule has 0 aromatic heterocycles. The number of anilines is 1. The molecule has 3 aromatic rings. The Morgan fingerprint density at radius 3 is 1.48 bits per heavy atom. The summed E-state index contributed by atoms with van der Waals surface area (Å²) in [6, 6.07) is 28.7. The van der Waals surface area contributed by atoms with Gasteiger partial charge < -0.3 is 11.1 Å². The van der Waals surface area contributed by atoms with Crippen molar-refractivity contribution in [3.05, 3.63) is 102 Å². The zero-order valence-electron chi connectivity index (χ0n) is 13.6. The van der Waals surface area contributed by atoms with Gasteiger partial charge in [-0.15, -0.1) is 0 Å². The molecule has 0 fully saturated rings. The number of benzene rings is 3. The van der Waals surface area contributed by atoms with Gasteiger partial charge in [0.25, 0.3) is 0 Å². The molecule has 3 aromatic carbocycles. The molecule has 0 amide bonds. The Bertz CT molecular complexity index is 601. The SMILES string of the molecule is Cc1ccc(N)cc1.c1ccc(CNCc2ccccc2)cc1. The number of nitrogens with two attached hydrogens (primary N) is 1. The van der Waals surface area contributed by atoms with Crippen LogP contribution in [0.2, 0.25) is 0 Å². The minimum absolute atomic E-state index is 0.829. The Labute approximate surface area is 139 Å². The van der Waals surface area contributed by atoms with Gasteiger partial charge in [-0.2, -0.15) is 0 Å². The summed E-state index contributed by atoms with van der Waals surface area (Å²) in [5, 5.41) is 3.42. The van der Waals surface area contributed by atoms with Gasteiger partial charge in [-0.3, -0.25) is 0 Å². The fourth-order valence-corrected chi connectivity index (χ4v) is 2.11. The predicted molar refractivity (Wildman–Crippen MR) is 99.0 cm³/mol. The van der Waals surface area contributed by atoms with E-state index in [9.17, 15) is 0 Å². The van der Waals surface area contributed by atoms with E-state index in [1.807, 2.05) is 43.3 Å². The molecule has 0 unspecified atom stereocenters. The molecule has 3 N–H and O–H groups in total. The Hall–Kier alpha value is -2.58. The van der Waals surface area contributed by atoms with Crippen molar-refractivity contribution in [1.82, 2.24) is 5.32 Å². The first-order chi connectivity index (χ1) is 11.2. The van der Waals surface area contributed by atoms with Crippen molar-refractivity contribution in [2.45, 2.75) is 20.0 Å². The fraction of sp³-hybridized carbons (Fsp3) is 0.143. The molecule has 2 nitrogen and oxygen atoms in total. The lowest BCUT2D eigenvalue weighted by atomic mass is 10.2. The van der Waals surface area contributed by atoms with Crippen LogP contribution in [-0.2, 0) is 13.1 Å². The molecule has 0 bridgehead atoms. The van der Waals surface area contributed by atoms with Crippen molar-refractivity contribution < 1.29 is 0 Å². The molecule has 0 heterocycles. The molecular weight excluding hydrogens is 280 g/mol. The summed E-state index contributed by atoms with van der Waals surface area (Å²) in [6.07, 6.45) is 0. The van der Waals surface area contributed by atoms with Crippen molar-refractivity contribution in [2.24, 2.45) is 0 Å². The van der Waals surface area contributed by atoms with Crippen LogP contribution < -0.4 is 11.1 Å². The lowest BCUT2D eigenvalue weighted by molar-refractivity contribution is 0.693. The van der Waals surface area contributed by atoms with Gasteiger partial charge in [-0.1, -0.05) is 78.4 Å². The third kappa shape index (κ3) is 6.81.